The standard InChI is InChI=1S/C19H16BrNO3/c1-12-9-19(23)24-18-10-15(7-8-16(12)18)21(13(2)22)11-14-5-3-4-6-17(14)20/h3-10H,11H2,1-2H3. The lowest BCUT2D eigenvalue weighted by Gasteiger charge is -2.22. The zero-order valence-corrected chi connectivity index (χ0v) is 15.0. The molecule has 0 fully saturated rings. The predicted octanol–water partition coefficient (Wildman–Crippen LogP) is 4.42. The third-order valence-electron chi connectivity index (χ3n) is 3.91. The summed E-state index contributed by atoms with van der Waals surface area (Å²) in [6.07, 6.45) is 0. The molecule has 1 amide bonds. The zero-order valence-electron chi connectivity index (χ0n) is 13.4. The van der Waals surface area contributed by atoms with Crippen LogP contribution in [0.3, 0.4) is 0 Å². The molecule has 0 spiro atoms. The van der Waals surface area contributed by atoms with Crippen LogP contribution < -0.4 is 10.5 Å². The summed E-state index contributed by atoms with van der Waals surface area (Å²) < 4.78 is 6.23. The number of aryl methyl sites for hydroxylation is 1. The second-order valence-corrected chi connectivity index (χ2v) is 6.48. The molecule has 0 bridgehead atoms. The first kappa shape index (κ1) is 16.5. The summed E-state index contributed by atoms with van der Waals surface area (Å²) >= 11 is 3.51. The van der Waals surface area contributed by atoms with Gasteiger partial charge < -0.3 is 9.32 Å². The molecule has 0 radical (unpaired) electrons. The summed E-state index contributed by atoms with van der Waals surface area (Å²) in [6.45, 7) is 3.81. The van der Waals surface area contributed by atoms with Crippen molar-refractivity contribution in [3.05, 3.63) is 74.6 Å². The van der Waals surface area contributed by atoms with Crippen LogP contribution in [0.1, 0.15) is 18.1 Å². The third-order valence-corrected chi connectivity index (χ3v) is 4.69. The number of carbonyl (C=O) groups excluding carboxylic acids is 1. The molecule has 1 aromatic heterocycles. The Morgan fingerprint density at radius 3 is 2.62 bits per heavy atom. The smallest absolute Gasteiger partial charge is 0.336 e. The molecule has 0 unspecified atom stereocenters. The molecule has 3 rings (SSSR count). The first-order valence-corrected chi connectivity index (χ1v) is 8.31. The van der Waals surface area contributed by atoms with Crippen molar-refractivity contribution in [1.82, 2.24) is 0 Å². The lowest BCUT2D eigenvalue weighted by molar-refractivity contribution is -0.116. The van der Waals surface area contributed by atoms with E-state index in [0.29, 0.717) is 17.8 Å². The maximum Gasteiger partial charge on any atom is 0.336 e. The Morgan fingerprint density at radius 2 is 1.92 bits per heavy atom. The number of amides is 1. The van der Waals surface area contributed by atoms with Gasteiger partial charge in [-0.05, 0) is 36.2 Å². The fourth-order valence-electron chi connectivity index (χ4n) is 2.66. The molecule has 0 aliphatic carbocycles. The van der Waals surface area contributed by atoms with E-state index >= 15 is 0 Å². The minimum absolute atomic E-state index is 0.0832. The Balaban J connectivity index is 2.06. The van der Waals surface area contributed by atoms with Gasteiger partial charge in [-0.3, -0.25) is 4.79 Å². The van der Waals surface area contributed by atoms with Gasteiger partial charge in [0.2, 0.25) is 5.91 Å². The van der Waals surface area contributed by atoms with Crippen LogP contribution in [0.15, 0.2) is 62.2 Å². The van der Waals surface area contributed by atoms with Crippen molar-refractivity contribution in [1.29, 1.82) is 0 Å². The molecule has 5 heteroatoms. The lowest BCUT2D eigenvalue weighted by Crippen LogP contribution is -2.27. The summed E-state index contributed by atoms with van der Waals surface area (Å²) in [5, 5.41) is 0.864. The van der Waals surface area contributed by atoms with Gasteiger partial charge in [0.25, 0.3) is 0 Å². The molecule has 0 saturated carbocycles. The van der Waals surface area contributed by atoms with E-state index in [0.717, 1.165) is 21.0 Å². The van der Waals surface area contributed by atoms with E-state index in [1.54, 1.807) is 11.0 Å². The fraction of sp³-hybridized carbons (Fsp3) is 0.158. The van der Waals surface area contributed by atoms with Crippen molar-refractivity contribution >= 4 is 38.5 Å². The van der Waals surface area contributed by atoms with E-state index in [9.17, 15) is 9.59 Å². The molecule has 24 heavy (non-hydrogen) atoms. The molecule has 0 aliphatic rings. The number of hydrogen-bond acceptors (Lipinski definition) is 3. The van der Waals surface area contributed by atoms with Crippen LogP contribution in [0.4, 0.5) is 5.69 Å². The van der Waals surface area contributed by atoms with Crippen LogP contribution in [-0.4, -0.2) is 5.91 Å². The Morgan fingerprint density at radius 1 is 1.17 bits per heavy atom. The largest absolute Gasteiger partial charge is 0.423 e. The SMILES string of the molecule is CC(=O)N(Cc1ccccc1Br)c1ccc2c(C)cc(=O)oc2c1. The first-order chi connectivity index (χ1) is 11.5. The summed E-state index contributed by atoms with van der Waals surface area (Å²) in [5.74, 6) is -0.0832. The topological polar surface area (TPSA) is 50.5 Å². The second kappa shape index (κ2) is 6.61. The van der Waals surface area contributed by atoms with Gasteiger partial charge in [-0.25, -0.2) is 4.79 Å². The van der Waals surface area contributed by atoms with Crippen LogP contribution in [0.2, 0.25) is 0 Å². The van der Waals surface area contributed by atoms with Gasteiger partial charge in [-0.1, -0.05) is 34.1 Å². The van der Waals surface area contributed by atoms with Crippen LogP contribution in [-0.2, 0) is 11.3 Å². The Hall–Kier alpha value is -2.40. The number of fused-ring (bicyclic) bond motifs is 1. The third kappa shape index (κ3) is 3.26. The summed E-state index contributed by atoms with van der Waals surface area (Å²) in [6, 6.07) is 14.7. The maximum atomic E-state index is 12.1. The number of hydrogen-bond donors (Lipinski definition) is 0. The van der Waals surface area contributed by atoms with Crippen LogP contribution >= 0.6 is 15.9 Å². The van der Waals surface area contributed by atoms with Crippen molar-refractivity contribution in [2.24, 2.45) is 0 Å². The molecule has 4 nitrogen and oxygen atoms in total. The van der Waals surface area contributed by atoms with Gasteiger partial charge in [-0.2, -0.15) is 0 Å². The van der Waals surface area contributed by atoms with Gasteiger partial charge in [0.05, 0.1) is 6.54 Å². The molecular formula is C19H16BrNO3. The van der Waals surface area contributed by atoms with Crippen LogP contribution in [0.25, 0.3) is 11.0 Å². The molecule has 0 saturated heterocycles. The van der Waals surface area contributed by atoms with Gasteiger partial charge in [0.15, 0.2) is 0 Å². The first-order valence-electron chi connectivity index (χ1n) is 7.52. The van der Waals surface area contributed by atoms with E-state index < -0.39 is 5.63 Å². The number of nitrogens with zero attached hydrogens (tertiary/aromatic N) is 1. The van der Waals surface area contributed by atoms with Crippen LogP contribution in [0.5, 0.6) is 0 Å². The number of rotatable bonds is 3. The second-order valence-electron chi connectivity index (χ2n) is 5.63. The van der Waals surface area contributed by atoms with Crippen molar-refractivity contribution in [2.75, 3.05) is 4.90 Å². The van der Waals surface area contributed by atoms with E-state index in [4.69, 9.17) is 4.42 Å². The Kier molecular flexibility index (Phi) is 4.53. The number of benzene rings is 2. The maximum absolute atomic E-state index is 12.1. The highest BCUT2D eigenvalue weighted by atomic mass is 79.9. The molecule has 122 valence electrons. The normalized spacial score (nSPS) is 10.8. The summed E-state index contributed by atoms with van der Waals surface area (Å²) in [5.41, 5.74) is 2.64. The molecule has 3 aromatic rings. The number of halogens is 1. The monoisotopic (exact) mass is 385 g/mol. The summed E-state index contributed by atoms with van der Waals surface area (Å²) in [4.78, 5) is 25.4. The van der Waals surface area contributed by atoms with Gasteiger partial charge in [0.1, 0.15) is 5.58 Å². The quantitative estimate of drug-likeness (QED) is 0.627. The van der Waals surface area contributed by atoms with E-state index in [1.165, 1.54) is 13.0 Å². The molecule has 2 aromatic carbocycles. The zero-order chi connectivity index (χ0) is 17.3. The highest BCUT2D eigenvalue weighted by molar-refractivity contribution is 9.10. The van der Waals surface area contributed by atoms with Gasteiger partial charge >= 0.3 is 5.63 Å². The average molecular weight is 386 g/mol. The minimum Gasteiger partial charge on any atom is -0.423 e. The van der Waals surface area contributed by atoms with Gasteiger partial charge in [-0.15, -0.1) is 0 Å². The Labute approximate surface area is 147 Å². The summed E-state index contributed by atoms with van der Waals surface area (Å²) in [7, 11) is 0. The van der Waals surface area contributed by atoms with E-state index in [1.807, 2.05) is 43.3 Å². The average Bonchev–Trinajstić information content (AvgIpc) is 2.53. The van der Waals surface area contributed by atoms with Crippen molar-refractivity contribution in [2.45, 2.75) is 20.4 Å². The lowest BCUT2D eigenvalue weighted by atomic mass is 10.1. The predicted molar refractivity (Wildman–Crippen MR) is 98.2 cm³/mol. The van der Waals surface area contributed by atoms with Crippen molar-refractivity contribution in [3.8, 4) is 0 Å². The molecule has 1 heterocycles. The van der Waals surface area contributed by atoms with E-state index in [2.05, 4.69) is 15.9 Å². The van der Waals surface area contributed by atoms with Gasteiger partial charge in [0, 0.05) is 34.6 Å². The fourth-order valence-corrected chi connectivity index (χ4v) is 3.07. The highest BCUT2D eigenvalue weighted by Crippen LogP contribution is 2.26. The Bertz CT molecular complexity index is 978. The highest BCUT2D eigenvalue weighted by Gasteiger charge is 2.15. The molecular weight excluding hydrogens is 370 g/mol. The molecule has 0 aliphatic heterocycles. The van der Waals surface area contributed by atoms with Crippen molar-refractivity contribution < 1.29 is 9.21 Å². The van der Waals surface area contributed by atoms with E-state index in [-0.39, 0.29) is 5.91 Å². The minimum atomic E-state index is -0.391. The number of anilines is 1. The molecule has 0 N–H and O–H groups in total. The molecule has 0 atom stereocenters. The van der Waals surface area contributed by atoms with Crippen LogP contribution in [0, 0.1) is 6.92 Å². The van der Waals surface area contributed by atoms with Crippen molar-refractivity contribution in [3.63, 3.8) is 0 Å². The number of carbonyl (C=O) groups is 1.